The van der Waals surface area contributed by atoms with Gasteiger partial charge in [0.1, 0.15) is 0 Å². The molecular formula is C14H18IN3. The van der Waals surface area contributed by atoms with E-state index in [2.05, 4.69) is 71.1 Å². The number of hydrogen-bond acceptors (Lipinski definition) is 2. The second kappa shape index (κ2) is 6.33. The predicted octanol–water partition coefficient (Wildman–Crippen LogP) is 3.54. The summed E-state index contributed by atoms with van der Waals surface area (Å²) in [5, 5.41) is 7.79. The smallest absolute Gasteiger partial charge is 0.0646 e. The monoisotopic (exact) mass is 355 g/mol. The fourth-order valence-electron chi connectivity index (χ4n) is 1.84. The summed E-state index contributed by atoms with van der Waals surface area (Å²) in [6.07, 6.45) is 5.04. The first kappa shape index (κ1) is 13.5. The Morgan fingerprint density at radius 1 is 1.33 bits per heavy atom. The maximum absolute atomic E-state index is 4.30. The van der Waals surface area contributed by atoms with E-state index in [1.54, 1.807) is 0 Å². The van der Waals surface area contributed by atoms with Crippen LogP contribution in [0.15, 0.2) is 36.7 Å². The molecule has 1 aromatic heterocycles. The van der Waals surface area contributed by atoms with E-state index in [1.807, 2.05) is 17.1 Å². The van der Waals surface area contributed by atoms with Crippen molar-refractivity contribution >= 4 is 22.6 Å². The van der Waals surface area contributed by atoms with Gasteiger partial charge in [-0.3, -0.25) is 0 Å². The van der Waals surface area contributed by atoms with Crippen LogP contribution >= 0.6 is 22.6 Å². The Hall–Kier alpha value is -0.880. The van der Waals surface area contributed by atoms with E-state index in [4.69, 9.17) is 0 Å². The van der Waals surface area contributed by atoms with Gasteiger partial charge in [0.05, 0.1) is 15.5 Å². The second-order valence-corrected chi connectivity index (χ2v) is 5.62. The van der Waals surface area contributed by atoms with E-state index in [-0.39, 0.29) is 0 Å². The minimum absolute atomic E-state index is 0.400. The molecule has 4 heteroatoms. The summed E-state index contributed by atoms with van der Waals surface area (Å²) in [6.45, 7) is 5.43. The van der Waals surface area contributed by atoms with E-state index in [0.717, 1.165) is 22.2 Å². The van der Waals surface area contributed by atoms with Gasteiger partial charge in [-0.05, 0) is 60.2 Å². The van der Waals surface area contributed by atoms with Gasteiger partial charge < -0.3 is 5.32 Å². The molecule has 0 radical (unpaired) electrons. The van der Waals surface area contributed by atoms with E-state index < -0.39 is 0 Å². The molecule has 0 fully saturated rings. The molecule has 0 amide bonds. The second-order valence-electron chi connectivity index (χ2n) is 4.37. The number of nitrogens with one attached hydrogen (secondary N) is 1. The third kappa shape index (κ3) is 3.32. The van der Waals surface area contributed by atoms with Crippen molar-refractivity contribution < 1.29 is 0 Å². The lowest BCUT2D eigenvalue weighted by Crippen LogP contribution is -2.19. The summed E-state index contributed by atoms with van der Waals surface area (Å²) in [4.78, 5) is 0. The molecular weight excluding hydrogens is 337 g/mol. The molecule has 0 aliphatic rings. The first-order chi connectivity index (χ1) is 8.70. The van der Waals surface area contributed by atoms with Crippen molar-refractivity contribution in [1.29, 1.82) is 0 Å². The number of rotatable bonds is 5. The largest absolute Gasteiger partial charge is 0.310 e. The number of hydrogen-bond donors (Lipinski definition) is 1. The Bertz CT molecular complexity index is 490. The standard InChI is InChI=1S/C14H18IN3/c1-3-8-16-11(2)12-4-6-14(7-5-12)18-10-13(15)9-17-18/h4-7,9-11,16H,3,8H2,1-2H3. The van der Waals surface area contributed by atoms with E-state index >= 15 is 0 Å². The zero-order valence-electron chi connectivity index (χ0n) is 10.7. The van der Waals surface area contributed by atoms with Gasteiger partial charge in [-0.1, -0.05) is 19.1 Å². The summed E-state index contributed by atoms with van der Waals surface area (Å²) in [5.41, 5.74) is 2.42. The van der Waals surface area contributed by atoms with Crippen molar-refractivity contribution in [2.75, 3.05) is 6.54 Å². The average Bonchev–Trinajstić information content (AvgIpc) is 2.83. The van der Waals surface area contributed by atoms with Crippen LogP contribution in [0.3, 0.4) is 0 Å². The summed E-state index contributed by atoms with van der Waals surface area (Å²) in [7, 11) is 0. The van der Waals surface area contributed by atoms with Crippen molar-refractivity contribution in [3.8, 4) is 5.69 Å². The van der Waals surface area contributed by atoms with Crippen molar-refractivity contribution in [2.45, 2.75) is 26.3 Å². The van der Waals surface area contributed by atoms with E-state index in [0.29, 0.717) is 6.04 Å². The fraction of sp³-hybridized carbons (Fsp3) is 0.357. The van der Waals surface area contributed by atoms with E-state index in [9.17, 15) is 0 Å². The molecule has 2 aromatic rings. The topological polar surface area (TPSA) is 29.9 Å². The van der Waals surface area contributed by atoms with Gasteiger partial charge in [0, 0.05) is 12.2 Å². The summed E-state index contributed by atoms with van der Waals surface area (Å²) >= 11 is 2.27. The fourth-order valence-corrected chi connectivity index (χ4v) is 2.22. The van der Waals surface area contributed by atoms with Crippen LogP contribution in [0, 0.1) is 3.57 Å². The highest BCUT2D eigenvalue weighted by atomic mass is 127. The molecule has 1 N–H and O–H groups in total. The molecule has 0 bridgehead atoms. The Morgan fingerprint density at radius 2 is 2.06 bits per heavy atom. The quantitative estimate of drug-likeness (QED) is 0.832. The molecule has 0 saturated heterocycles. The van der Waals surface area contributed by atoms with Crippen molar-refractivity contribution in [2.24, 2.45) is 0 Å². The Morgan fingerprint density at radius 3 is 2.61 bits per heavy atom. The van der Waals surface area contributed by atoms with Gasteiger partial charge >= 0.3 is 0 Å². The molecule has 1 heterocycles. The highest BCUT2D eigenvalue weighted by Crippen LogP contribution is 2.16. The third-order valence-electron chi connectivity index (χ3n) is 2.91. The number of halogens is 1. The minimum atomic E-state index is 0.400. The van der Waals surface area contributed by atoms with Gasteiger partial charge in [-0.2, -0.15) is 5.10 Å². The summed E-state index contributed by atoms with van der Waals surface area (Å²) in [6, 6.07) is 8.95. The zero-order valence-corrected chi connectivity index (χ0v) is 12.9. The van der Waals surface area contributed by atoms with Gasteiger partial charge in [-0.15, -0.1) is 0 Å². The van der Waals surface area contributed by atoms with Crippen LogP contribution in [0.2, 0.25) is 0 Å². The first-order valence-electron chi connectivity index (χ1n) is 6.24. The van der Waals surface area contributed by atoms with Gasteiger partial charge in [0.15, 0.2) is 0 Å². The van der Waals surface area contributed by atoms with Crippen LogP contribution in [0.1, 0.15) is 31.9 Å². The molecule has 0 saturated carbocycles. The summed E-state index contributed by atoms with van der Waals surface area (Å²) in [5.74, 6) is 0. The van der Waals surface area contributed by atoms with Crippen LogP contribution in [-0.4, -0.2) is 16.3 Å². The Balaban J connectivity index is 2.10. The average molecular weight is 355 g/mol. The Labute approximate surface area is 122 Å². The minimum Gasteiger partial charge on any atom is -0.310 e. The molecule has 1 aromatic carbocycles. The summed E-state index contributed by atoms with van der Waals surface area (Å²) < 4.78 is 3.05. The Kier molecular flexibility index (Phi) is 4.77. The first-order valence-corrected chi connectivity index (χ1v) is 7.32. The molecule has 0 spiro atoms. The van der Waals surface area contributed by atoms with E-state index in [1.165, 1.54) is 5.56 Å². The van der Waals surface area contributed by atoms with Gasteiger partial charge in [0.2, 0.25) is 0 Å². The lowest BCUT2D eigenvalue weighted by atomic mass is 10.1. The van der Waals surface area contributed by atoms with Crippen LogP contribution in [0.5, 0.6) is 0 Å². The molecule has 0 aliphatic heterocycles. The highest BCUT2D eigenvalue weighted by Gasteiger charge is 2.04. The maximum Gasteiger partial charge on any atom is 0.0646 e. The van der Waals surface area contributed by atoms with Gasteiger partial charge in [0.25, 0.3) is 0 Å². The zero-order chi connectivity index (χ0) is 13.0. The molecule has 2 rings (SSSR count). The lowest BCUT2D eigenvalue weighted by Gasteiger charge is -2.14. The van der Waals surface area contributed by atoms with Crippen LogP contribution in [0.4, 0.5) is 0 Å². The maximum atomic E-state index is 4.30. The molecule has 3 nitrogen and oxygen atoms in total. The van der Waals surface area contributed by atoms with Crippen molar-refractivity contribution in [3.63, 3.8) is 0 Å². The normalized spacial score (nSPS) is 12.6. The molecule has 96 valence electrons. The molecule has 1 unspecified atom stereocenters. The molecule has 0 aliphatic carbocycles. The molecule has 1 atom stereocenters. The van der Waals surface area contributed by atoms with Crippen LogP contribution < -0.4 is 5.32 Å². The SMILES string of the molecule is CCCNC(C)c1ccc(-n2cc(I)cn2)cc1. The number of benzene rings is 1. The number of nitrogens with zero attached hydrogens (tertiary/aromatic N) is 2. The van der Waals surface area contributed by atoms with Crippen molar-refractivity contribution in [3.05, 3.63) is 45.8 Å². The van der Waals surface area contributed by atoms with Crippen molar-refractivity contribution in [1.82, 2.24) is 15.1 Å². The van der Waals surface area contributed by atoms with Crippen LogP contribution in [-0.2, 0) is 0 Å². The predicted molar refractivity (Wildman–Crippen MR) is 83.0 cm³/mol. The van der Waals surface area contributed by atoms with Crippen LogP contribution in [0.25, 0.3) is 5.69 Å². The number of aromatic nitrogens is 2. The molecule has 18 heavy (non-hydrogen) atoms. The highest BCUT2D eigenvalue weighted by molar-refractivity contribution is 14.1. The lowest BCUT2D eigenvalue weighted by molar-refractivity contribution is 0.570. The van der Waals surface area contributed by atoms with Gasteiger partial charge in [-0.25, -0.2) is 4.68 Å². The third-order valence-corrected chi connectivity index (χ3v) is 3.47.